The number of carbonyl (C=O) groups excluding carboxylic acids is 2. The predicted octanol–water partition coefficient (Wildman–Crippen LogP) is 1.88. The Morgan fingerprint density at radius 1 is 1.38 bits per heavy atom. The summed E-state index contributed by atoms with van der Waals surface area (Å²) in [6, 6.07) is 0.802. The number of alkyl halides is 3. The van der Waals surface area contributed by atoms with E-state index in [1.165, 1.54) is 0 Å². The molecule has 1 aromatic rings. The molecular weight excluding hydrogens is 307 g/mol. The first kappa shape index (κ1) is 17.4. The standard InChI is InChI=1S/C12H16F3N3O2S/c1-8-3-4-21-9(8)5-18(2)6-10(19)17-11(20)16-7-12(13,14)15/h3-4H,5-7H2,1-2H3,(H2,16,17,19,20). The average Bonchev–Trinajstić information content (AvgIpc) is 2.71. The normalized spacial score (nSPS) is 11.5. The summed E-state index contributed by atoms with van der Waals surface area (Å²) in [5.41, 5.74) is 1.11. The molecule has 118 valence electrons. The topological polar surface area (TPSA) is 61.4 Å². The molecule has 9 heteroatoms. The van der Waals surface area contributed by atoms with E-state index in [1.54, 1.807) is 28.6 Å². The molecule has 0 aliphatic rings. The number of thiophene rings is 1. The van der Waals surface area contributed by atoms with E-state index in [0.717, 1.165) is 10.4 Å². The molecule has 0 saturated heterocycles. The first-order valence-electron chi connectivity index (χ1n) is 6.03. The molecule has 3 amide bonds. The highest BCUT2D eigenvalue weighted by Gasteiger charge is 2.28. The van der Waals surface area contributed by atoms with Gasteiger partial charge in [-0.2, -0.15) is 13.2 Å². The lowest BCUT2D eigenvalue weighted by molar-refractivity contribution is -0.125. The summed E-state index contributed by atoms with van der Waals surface area (Å²) < 4.78 is 35.6. The maximum absolute atomic E-state index is 11.9. The zero-order valence-corrected chi connectivity index (χ0v) is 12.4. The molecule has 0 unspecified atom stereocenters. The number of likely N-dealkylation sites (N-methyl/N-ethyl adjacent to an activating group) is 1. The van der Waals surface area contributed by atoms with Crippen molar-refractivity contribution in [2.24, 2.45) is 0 Å². The van der Waals surface area contributed by atoms with Crippen molar-refractivity contribution >= 4 is 23.3 Å². The van der Waals surface area contributed by atoms with E-state index in [4.69, 9.17) is 0 Å². The minimum atomic E-state index is -4.51. The molecule has 0 fully saturated rings. The van der Waals surface area contributed by atoms with Crippen molar-refractivity contribution in [1.29, 1.82) is 0 Å². The lowest BCUT2D eigenvalue weighted by Crippen LogP contribution is -2.46. The van der Waals surface area contributed by atoms with E-state index >= 15 is 0 Å². The molecule has 2 N–H and O–H groups in total. The number of urea groups is 1. The number of nitrogens with zero attached hydrogens (tertiary/aromatic N) is 1. The molecule has 0 bridgehead atoms. The smallest absolute Gasteiger partial charge is 0.329 e. The van der Waals surface area contributed by atoms with Gasteiger partial charge in [0.15, 0.2) is 0 Å². The molecule has 0 radical (unpaired) electrons. The largest absolute Gasteiger partial charge is 0.405 e. The van der Waals surface area contributed by atoms with Gasteiger partial charge in [0.25, 0.3) is 0 Å². The van der Waals surface area contributed by atoms with Gasteiger partial charge in [-0.25, -0.2) is 4.79 Å². The number of aryl methyl sites for hydroxylation is 1. The van der Waals surface area contributed by atoms with Gasteiger partial charge in [-0.15, -0.1) is 11.3 Å². The molecule has 1 heterocycles. The van der Waals surface area contributed by atoms with Gasteiger partial charge in [0.05, 0.1) is 6.54 Å². The first-order chi connectivity index (χ1) is 9.67. The summed E-state index contributed by atoms with van der Waals surface area (Å²) in [7, 11) is 1.69. The fourth-order valence-corrected chi connectivity index (χ4v) is 2.49. The van der Waals surface area contributed by atoms with Crippen LogP contribution in [-0.2, 0) is 11.3 Å². The van der Waals surface area contributed by atoms with Crippen LogP contribution in [0.15, 0.2) is 11.4 Å². The van der Waals surface area contributed by atoms with E-state index in [1.807, 2.05) is 23.7 Å². The van der Waals surface area contributed by atoms with Crippen molar-refractivity contribution in [3.63, 3.8) is 0 Å². The summed E-state index contributed by atoms with van der Waals surface area (Å²) >= 11 is 1.55. The second-order valence-corrected chi connectivity index (χ2v) is 5.55. The lowest BCUT2D eigenvalue weighted by atomic mass is 10.3. The van der Waals surface area contributed by atoms with Crippen LogP contribution in [0.3, 0.4) is 0 Å². The van der Waals surface area contributed by atoms with Crippen LogP contribution in [0.4, 0.5) is 18.0 Å². The van der Waals surface area contributed by atoms with Gasteiger partial charge in [-0.3, -0.25) is 15.0 Å². The highest BCUT2D eigenvalue weighted by atomic mass is 32.1. The van der Waals surface area contributed by atoms with Crippen LogP contribution in [0.25, 0.3) is 0 Å². The summed E-state index contributed by atoms with van der Waals surface area (Å²) in [4.78, 5) is 25.4. The molecule has 21 heavy (non-hydrogen) atoms. The van der Waals surface area contributed by atoms with E-state index in [-0.39, 0.29) is 6.54 Å². The lowest BCUT2D eigenvalue weighted by Gasteiger charge is -2.16. The second-order valence-electron chi connectivity index (χ2n) is 4.55. The monoisotopic (exact) mass is 323 g/mol. The van der Waals surface area contributed by atoms with Gasteiger partial charge in [0, 0.05) is 11.4 Å². The van der Waals surface area contributed by atoms with Crippen LogP contribution in [0.5, 0.6) is 0 Å². The van der Waals surface area contributed by atoms with Gasteiger partial charge in [-0.1, -0.05) is 0 Å². The van der Waals surface area contributed by atoms with Gasteiger partial charge in [0.2, 0.25) is 5.91 Å². The second kappa shape index (κ2) is 7.41. The highest BCUT2D eigenvalue weighted by Crippen LogP contribution is 2.16. The van der Waals surface area contributed by atoms with Crippen molar-refractivity contribution in [2.75, 3.05) is 20.1 Å². The Kier molecular flexibility index (Phi) is 6.16. The molecule has 5 nitrogen and oxygen atoms in total. The van der Waals surface area contributed by atoms with E-state index in [9.17, 15) is 22.8 Å². The molecular formula is C12H16F3N3O2S. The zero-order valence-electron chi connectivity index (χ0n) is 11.6. The zero-order chi connectivity index (χ0) is 16.0. The third kappa shape index (κ3) is 7.09. The predicted molar refractivity (Wildman–Crippen MR) is 73.0 cm³/mol. The van der Waals surface area contributed by atoms with Crippen molar-refractivity contribution < 1.29 is 22.8 Å². The molecule has 0 aliphatic heterocycles. The number of nitrogens with one attached hydrogen (secondary N) is 2. The van der Waals surface area contributed by atoms with Crippen LogP contribution in [0, 0.1) is 6.92 Å². The summed E-state index contributed by atoms with van der Waals surface area (Å²) in [5.74, 6) is -0.661. The van der Waals surface area contributed by atoms with Crippen LogP contribution in [-0.4, -0.2) is 43.2 Å². The quantitative estimate of drug-likeness (QED) is 0.870. The number of halogens is 3. The van der Waals surface area contributed by atoms with E-state index < -0.39 is 24.7 Å². The molecule has 0 aliphatic carbocycles. The van der Waals surface area contributed by atoms with E-state index in [0.29, 0.717) is 6.54 Å². The maximum atomic E-state index is 11.9. The number of hydrogen-bond donors (Lipinski definition) is 2. The highest BCUT2D eigenvalue weighted by molar-refractivity contribution is 7.10. The fraction of sp³-hybridized carbons (Fsp3) is 0.500. The van der Waals surface area contributed by atoms with Gasteiger partial charge >= 0.3 is 12.2 Å². The van der Waals surface area contributed by atoms with Crippen LogP contribution < -0.4 is 10.6 Å². The Labute approximate surface area is 124 Å². The summed E-state index contributed by atoms with van der Waals surface area (Å²) in [5, 5.41) is 5.35. The van der Waals surface area contributed by atoms with Crippen molar-refractivity contribution in [1.82, 2.24) is 15.5 Å². The third-order valence-electron chi connectivity index (χ3n) is 2.50. The Morgan fingerprint density at radius 3 is 2.57 bits per heavy atom. The fourth-order valence-electron chi connectivity index (χ4n) is 1.50. The Balaban J connectivity index is 2.33. The van der Waals surface area contributed by atoms with Gasteiger partial charge in [-0.05, 0) is 31.0 Å². The Hall–Kier alpha value is -1.61. The Morgan fingerprint density at radius 2 is 2.05 bits per heavy atom. The van der Waals surface area contributed by atoms with Crippen LogP contribution in [0.1, 0.15) is 10.4 Å². The van der Waals surface area contributed by atoms with Crippen LogP contribution >= 0.6 is 11.3 Å². The minimum absolute atomic E-state index is 0.0865. The number of hydrogen-bond acceptors (Lipinski definition) is 4. The molecule has 0 aromatic carbocycles. The number of carbonyl (C=O) groups is 2. The molecule has 0 saturated carbocycles. The van der Waals surface area contributed by atoms with Crippen molar-refractivity contribution in [2.45, 2.75) is 19.6 Å². The average molecular weight is 323 g/mol. The van der Waals surface area contributed by atoms with Crippen LogP contribution in [0.2, 0.25) is 0 Å². The number of rotatable bonds is 5. The molecule has 0 atom stereocenters. The Bertz CT molecular complexity index is 502. The third-order valence-corrected chi connectivity index (χ3v) is 3.51. The number of imide groups is 1. The molecule has 0 spiro atoms. The summed E-state index contributed by atoms with van der Waals surface area (Å²) in [6.07, 6.45) is -4.51. The molecule has 1 rings (SSSR count). The summed E-state index contributed by atoms with van der Waals surface area (Å²) in [6.45, 7) is 0.915. The van der Waals surface area contributed by atoms with Gasteiger partial charge < -0.3 is 5.32 Å². The SMILES string of the molecule is Cc1ccsc1CN(C)CC(=O)NC(=O)NCC(F)(F)F. The van der Waals surface area contributed by atoms with Crippen molar-refractivity contribution in [3.8, 4) is 0 Å². The first-order valence-corrected chi connectivity index (χ1v) is 6.91. The minimum Gasteiger partial charge on any atom is -0.329 e. The maximum Gasteiger partial charge on any atom is 0.405 e. The van der Waals surface area contributed by atoms with E-state index in [2.05, 4.69) is 0 Å². The van der Waals surface area contributed by atoms with Crippen molar-refractivity contribution in [3.05, 3.63) is 21.9 Å². The number of amides is 3. The molecule has 1 aromatic heterocycles. The van der Waals surface area contributed by atoms with Gasteiger partial charge in [0.1, 0.15) is 6.54 Å².